The van der Waals surface area contributed by atoms with Gasteiger partial charge in [-0.05, 0) is 29.3 Å². The fraction of sp³-hybridized carbons (Fsp3) is 0.250. The summed E-state index contributed by atoms with van der Waals surface area (Å²) in [5, 5.41) is 5.87. The van der Waals surface area contributed by atoms with Crippen LogP contribution in [0.1, 0.15) is 24.9 Å². The predicted octanol–water partition coefficient (Wildman–Crippen LogP) is 3.51. The normalized spacial score (nSPS) is 12.2. The SMILES string of the molecule is C#CC(NCCC)c1cccc2ccccc12. The number of hydrogen-bond donors (Lipinski definition) is 1. The number of nitrogens with one attached hydrogen (secondary N) is 1. The van der Waals surface area contributed by atoms with Crippen LogP contribution < -0.4 is 5.32 Å². The minimum atomic E-state index is 0.000972. The lowest BCUT2D eigenvalue weighted by atomic mass is 9.99. The molecule has 0 aliphatic rings. The average molecular weight is 223 g/mol. The summed E-state index contributed by atoms with van der Waals surface area (Å²) in [6.07, 6.45) is 6.71. The molecule has 2 aromatic carbocycles. The van der Waals surface area contributed by atoms with E-state index in [2.05, 4.69) is 60.6 Å². The van der Waals surface area contributed by atoms with Gasteiger partial charge in [-0.1, -0.05) is 55.3 Å². The van der Waals surface area contributed by atoms with E-state index in [0.29, 0.717) is 0 Å². The van der Waals surface area contributed by atoms with Gasteiger partial charge in [-0.2, -0.15) is 0 Å². The molecule has 0 aromatic heterocycles. The quantitative estimate of drug-likeness (QED) is 0.782. The molecule has 0 aliphatic heterocycles. The van der Waals surface area contributed by atoms with Gasteiger partial charge in [0.15, 0.2) is 0 Å². The highest BCUT2D eigenvalue weighted by Gasteiger charge is 2.09. The van der Waals surface area contributed by atoms with Crippen LogP contribution in [-0.2, 0) is 0 Å². The van der Waals surface area contributed by atoms with Gasteiger partial charge in [0.25, 0.3) is 0 Å². The minimum Gasteiger partial charge on any atom is -0.300 e. The van der Waals surface area contributed by atoms with Crippen LogP contribution in [0.5, 0.6) is 0 Å². The van der Waals surface area contributed by atoms with Crippen molar-refractivity contribution >= 4 is 10.8 Å². The molecule has 2 aromatic rings. The Hall–Kier alpha value is -1.78. The second-order valence-electron chi connectivity index (χ2n) is 4.12. The lowest BCUT2D eigenvalue weighted by Gasteiger charge is -2.15. The second-order valence-corrected chi connectivity index (χ2v) is 4.12. The highest BCUT2D eigenvalue weighted by atomic mass is 14.9. The molecular formula is C16H17N. The minimum absolute atomic E-state index is 0.000972. The van der Waals surface area contributed by atoms with Crippen LogP contribution in [0, 0.1) is 12.3 Å². The van der Waals surface area contributed by atoms with E-state index in [1.807, 2.05) is 0 Å². The third-order valence-corrected chi connectivity index (χ3v) is 2.90. The van der Waals surface area contributed by atoms with Gasteiger partial charge in [-0.3, -0.25) is 5.32 Å². The largest absolute Gasteiger partial charge is 0.300 e. The van der Waals surface area contributed by atoms with Crippen molar-refractivity contribution in [3.8, 4) is 12.3 Å². The molecule has 0 fully saturated rings. The Morgan fingerprint density at radius 3 is 2.71 bits per heavy atom. The van der Waals surface area contributed by atoms with E-state index < -0.39 is 0 Å². The zero-order valence-corrected chi connectivity index (χ0v) is 10.1. The maximum Gasteiger partial charge on any atom is 0.0949 e. The molecule has 0 amide bonds. The smallest absolute Gasteiger partial charge is 0.0949 e. The van der Waals surface area contributed by atoms with Gasteiger partial charge < -0.3 is 0 Å². The number of terminal acetylenes is 1. The van der Waals surface area contributed by atoms with Crippen molar-refractivity contribution in [2.75, 3.05) is 6.54 Å². The van der Waals surface area contributed by atoms with Crippen molar-refractivity contribution < 1.29 is 0 Å². The van der Waals surface area contributed by atoms with Crippen LogP contribution in [-0.4, -0.2) is 6.54 Å². The van der Waals surface area contributed by atoms with Gasteiger partial charge in [0, 0.05) is 0 Å². The molecule has 0 saturated carbocycles. The van der Waals surface area contributed by atoms with Gasteiger partial charge in [-0.25, -0.2) is 0 Å². The molecule has 0 bridgehead atoms. The average Bonchev–Trinajstić information content (AvgIpc) is 2.40. The molecular weight excluding hydrogens is 206 g/mol. The van der Waals surface area contributed by atoms with Gasteiger partial charge in [0.05, 0.1) is 6.04 Å². The van der Waals surface area contributed by atoms with Crippen molar-refractivity contribution in [3.63, 3.8) is 0 Å². The summed E-state index contributed by atoms with van der Waals surface area (Å²) in [6.45, 7) is 3.09. The van der Waals surface area contributed by atoms with Crippen molar-refractivity contribution in [3.05, 3.63) is 48.0 Å². The highest BCUT2D eigenvalue weighted by molar-refractivity contribution is 5.86. The third-order valence-electron chi connectivity index (χ3n) is 2.90. The predicted molar refractivity (Wildman–Crippen MR) is 73.8 cm³/mol. The molecule has 1 atom stereocenters. The van der Waals surface area contributed by atoms with Crippen LogP contribution >= 0.6 is 0 Å². The Labute approximate surface area is 103 Å². The fourth-order valence-electron chi connectivity index (χ4n) is 2.05. The summed E-state index contributed by atoms with van der Waals surface area (Å²) in [6, 6.07) is 14.6. The number of rotatable bonds is 4. The van der Waals surface area contributed by atoms with E-state index in [-0.39, 0.29) is 6.04 Å². The highest BCUT2D eigenvalue weighted by Crippen LogP contribution is 2.23. The summed E-state index contributed by atoms with van der Waals surface area (Å²) < 4.78 is 0. The molecule has 1 N–H and O–H groups in total. The molecule has 17 heavy (non-hydrogen) atoms. The maximum absolute atomic E-state index is 5.62. The van der Waals surface area contributed by atoms with Crippen LogP contribution in [0.25, 0.3) is 10.8 Å². The van der Waals surface area contributed by atoms with E-state index in [1.165, 1.54) is 16.3 Å². The fourth-order valence-corrected chi connectivity index (χ4v) is 2.05. The molecule has 0 radical (unpaired) electrons. The van der Waals surface area contributed by atoms with Gasteiger partial charge in [0.1, 0.15) is 0 Å². The van der Waals surface area contributed by atoms with Gasteiger partial charge in [-0.15, -0.1) is 6.42 Å². The van der Waals surface area contributed by atoms with E-state index in [0.717, 1.165) is 13.0 Å². The molecule has 1 unspecified atom stereocenters. The Balaban J connectivity index is 2.43. The van der Waals surface area contributed by atoms with Crippen LogP contribution in [0.3, 0.4) is 0 Å². The zero-order valence-electron chi connectivity index (χ0n) is 10.1. The zero-order chi connectivity index (χ0) is 12.1. The summed E-state index contributed by atoms with van der Waals surface area (Å²) in [4.78, 5) is 0. The van der Waals surface area contributed by atoms with Crippen LogP contribution in [0.2, 0.25) is 0 Å². The number of hydrogen-bond acceptors (Lipinski definition) is 1. The summed E-state index contributed by atoms with van der Waals surface area (Å²) in [5.74, 6) is 2.83. The third kappa shape index (κ3) is 2.49. The van der Waals surface area contributed by atoms with Crippen LogP contribution in [0.4, 0.5) is 0 Å². The summed E-state index contributed by atoms with van der Waals surface area (Å²) >= 11 is 0. The summed E-state index contributed by atoms with van der Waals surface area (Å²) in [7, 11) is 0. The lowest BCUT2D eigenvalue weighted by molar-refractivity contribution is 0.629. The first-order chi connectivity index (χ1) is 8.36. The van der Waals surface area contributed by atoms with E-state index >= 15 is 0 Å². The second kappa shape index (κ2) is 5.52. The lowest BCUT2D eigenvalue weighted by Crippen LogP contribution is -2.20. The Kier molecular flexibility index (Phi) is 3.80. The maximum atomic E-state index is 5.62. The monoisotopic (exact) mass is 223 g/mol. The number of benzene rings is 2. The van der Waals surface area contributed by atoms with Gasteiger partial charge in [0.2, 0.25) is 0 Å². The molecule has 1 nitrogen and oxygen atoms in total. The molecule has 86 valence electrons. The Bertz CT molecular complexity index is 531. The molecule has 0 aliphatic carbocycles. The number of fused-ring (bicyclic) bond motifs is 1. The Morgan fingerprint density at radius 2 is 1.94 bits per heavy atom. The van der Waals surface area contributed by atoms with E-state index in [1.54, 1.807) is 0 Å². The van der Waals surface area contributed by atoms with Crippen LogP contribution in [0.15, 0.2) is 42.5 Å². The van der Waals surface area contributed by atoms with Crippen molar-refractivity contribution in [2.45, 2.75) is 19.4 Å². The van der Waals surface area contributed by atoms with Crippen molar-refractivity contribution in [1.82, 2.24) is 5.32 Å². The first-order valence-corrected chi connectivity index (χ1v) is 6.04. The first-order valence-electron chi connectivity index (χ1n) is 6.04. The molecule has 0 spiro atoms. The molecule has 2 rings (SSSR count). The molecule has 0 heterocycles. The summed E-state index contributed by atoms with van der Waals surface area (Å²) in [5.41, 5.74) is 1.19. The topological polar surface area (TPSA) is 12.0 Å². The standard InChI is InChI=1S/C16H17N/c1-3-12-17-16(4-2)15-11-7-9-13-8-5-6-10-14(13)15/h2,5-11,16-17H,3,12H2,1H3. The Morgan fingerprint density at radius 1 is 1.18 bits per heavy atom. The molecule has 0 saturated heterocycles. The van der Waals surface area contributed by atoms with Crippen molar-refractivity contribution in [1.29, 1.82) is 0 Å². The van der Waals surface area contributed by atoms with E-state index in [9.17, 15) is 0 Å². The van der Waals surface area contributed by atoms with Crippen molar-refractivity contribution in [2.24, 2.45) is 0 Å². The van der Waals surface area contributed by atoms with Gasteiger partial charge >= 0.3 is 0 Å². The molecule has 1 heteroatoms. The first kappa shape index (κ1) is 11.7. The van der Waals surface area contributed by atoms with E-state index in [4.69, 9.17) is 6.42 Å².